The molecule has 1 rings (SSSR count). The number of nitrogens with two attached hydrogens (primary N) is 1. The lowest BCUT2D eigenvalue weighted by molar-refractivity contribution is 0.0953. The van der Waals surface area contributed by atoms with E-state index in [-0.39, 0.29) is 5.91 Å². The van der Waals surface area contributed by atoms with Gasteiger partial charge in [-0.05, 0) is 57.0 Å². The molecule has 0 fully saturated rings. The number of unbranched alkanes of at least 4 members (excludes halogenated alkanes) is 1. The molecule has 4 heteroatoms. The molecular weight excluding hydrogens is 250 g/mol. The van der Waals surface area contributed by atoms with Crippen LogP contribution in [0.1, 0.15) is 43.5 Å². The number of anilines is 1. The summed E-state index contributed by atoms with van der Waals surface area (Å²) in [5.74, 6) is -0.00730. The molecule has 0 aliphatic carbocycles. The van der Waals surface area contributed by atoms with Crippen molar-refractivity contribution in [3.05, 3.63) is 29.8 Å². The van der Waals surface area contributed by atoms with Gasteiger partial charge >= 0.3 is 0 Å². The van der Waals surface area contributed by atoms with Crippen LogP contribution in [0.2, 0.25) is 0 Å². The molecule has 0 heterocycles. The van der Waals surface area contributed by atoms with E-state index in [0.717, 1.165) is 32.4 Å². The molecule has 0 bridgehead atoms. The van der Waals surface area contributed by atoms with Gasteiger partial charge in [-0.15, -0.1) is 0 Å². The van der Waals surface area contributed by atoms with Crippen LogP contribution in [0.25, 0.3) is 0 Å². The van der Waals surface area contributed by atoms with Crippen molar-refractivity contribution in [2.75, 3.05) is 31.1 Å². The van der Waals surface area contributed by atoms with E-state index in [9.17, 15) is 4.79 Å². The number of nitrogens with one attached hydrogen (secondary N) is 1. The third-order valence-corrected chi connectivity index (χ3v) is 3.29. The predicted molar refractivity (Wildman–Crippen MR) is 85.2 cm³/mol. The van der Waals surface area contributed by atoms with E-state index in [1.807, 2.05) is 24.3 Å². The Morgan fingerprint density at radius 3 is 2.45 bits per heavy atom. The lowest BCUT2D eigenvalue weighted by Gasteiger charge is -2.22. The zero-order valence-electron chi connectivity index (χ0n) is 12.7. The van der Waals surface area contributed by atoms with E-state index in [4.69, 9.17) is 5.73 Å². The minimum atomic E-state index is -0.00730. The second-order valence-electron chi connectivity index (χ2n) is 4.88. The van der Waals surface area contributed by atoms with Crippen molar-refractivity contribution < 1.29 is 4.79 Å². The van der Waals surface area contributed by atoms with Gasteiger partial charge in [-0.1, -0.05) is 6.92 Å². The lowest BCUT2D eigenvalue weighted by atomic mass is 10.1. The van der Waals surface area contributed by atoms with Gasteiger partial charge in [-0.25, -0.2) is 0 Å². The highest BCUT2D eigenvalue weighted by atomic mass is 16.1. The van der Waals surface area contributed by atoms with Crippen LogP contribution in [-0.4, -0.2) is 32.1 Å². The number of rotatable bonds is 9. The topological polar surface area (TPSA) is 58.4 Å². The van der Waals surface area contributed by atoms with E-state index in [1.165, 1.54) is 5.69 Å². The minimum absolute atomic E-state index is 0.00730. The van der Waals surface area contributed by atoms with E-state index in [0.29, 0.717) is 18.7 Å². The Balaban J connectivity index is 2.54. The molecule has 0 saturated heterocycles. The number of nitrogens with zero attached hydrogens (tertiary/aromatic N) is 1. The van der Waals surface area contributed by atoms with Crippen molar-refractivity contribution >= 4 is 11.6 Å². The maximum atomic E-state index is 11.9. The molecule has 1 amide bonds. The first-order valence-corrected chi connectivity index (χ1v) is 7.56. The van der Waals surface area contributed by atoms with Crippen molar-refractivity contribution in [3.8, 4) is 0 Å². The van der Waals surface area contributed by atoms with Crippen LogP contribution in [-0.2, 0) is 0 Å². The average molecular weight is 277 g/mol. The minimum Gasteiger partial charge on any atom is -0.372 e. The van der Waals surface area contributed by atoms with Gasteiger partial charge in [0.05, 0.1) is 0 Å². The fourth-order valence-corrected chi connectivity index (χ4v) is 2.14. The number of carbonyl (C=O) groups excluding carboxylic acids is 1. The molecule has 1 aromatic carbocycles. The van der Waals surface area contributed by atoms with Gasteiger partial charge in [0.2, 0.25) is 0 Å². The Bertz CT molecular complexity index is 389. The van der Waals surface area contributed by atoms with Gasteiger partial charge in [0.1, 0.15) is 0 Å². The summed E-state index contributed by atoms with van der Waals surface area (Å²) in [6.07, 6.45) is 3.00. The van der Waals surface area contributed by atoms with E-state index < -0.39 is 0 Å². The van der Waals surface area contributed by atoms with Crippen molar-refractivity contribution in [1.29, 1.82) is 0 Å². The second kappa shape index (κ2) is 9.37. The molecule has 0 saturated carbocycles. The van der Waals surface area contributed by atoms with Gasteiger partial charge in [-0.3, -0.25) is 4.79 Å². The van der Waals surface area contributed by atoms with E-state index >= 15 is 0 Å². The number of hydrogen-bond donors (Lipinski definition) is 2. The van der Waals surface area contributed by atoms with Crippen LogP contribution in [0, 0.1) is 0 Å². The Morgan fingerprint density at radius 2 is 1.90 bits per heavy atom. The summed E-state index contributed by atoms with van der Waals surface area (Å²) in [4.78, 5) is 14.2. The Hall–Kier alpha value is -1.55. The molecule has 0 unspecified atom stereocenters. The normalized spacial score (nSPS) is 10.3. The van der Waals surface area contributed by atoms with Gasteiger partial charge in [0.15, 0.2) is 0 Å². The molecule has 0 radical (unpaired) electrons. The van der Waals surface area contributed by atoms with Crippen LogP contribution in [0.15, 0.2) is 24.3 Å². The second-order valence-corrected chi connectivity index (χ2v) is 4.88. The highest BCUT2D eigenvalue weighted by Crippen LogP contribution is 2.15. The van der Waals surface area contributed by atoms with Crippen molar-refractivity contribution in [1.82, 2.24) is 5.32 Å². The molecule has 112 valence electrons. The summed E-state index contributed by atoms with van der Waals surface area (Å²) in [6, 6.07) is 7.83. The number of hydrogen-bond acceptors (Lipinski definition) is 3. The van der Waals surface area contributed by atoms with Crippen LogP contribution < -0.4 is 16.0 Å². The molecule has 0 aromatic heterocycles. The highest BCUT2D eigenvalue weighted by molar-refractivity contribution is 5.94. The van der Waals surface area contributed by atoms with Crippen LogP contribution in [0.5, 0.6) is 0 Å². The smallest absolute Gasteiger partial charge is 0.251 e. The summed E-state index contributed by atoms with van der Waals surface area (Å²) in [7, 11) is 0. The largest absolute Gasteiger partial charge is 0.372 e. The number of amides is 1. The molecule has 0 aliphatic heterocycles. The number of carbonyl (C=O) groups is 1. The quantitative estimate of drug-likeness (QED) is 0.681. The van der Waals surface area contributed by atoms with Crippen molar-refractivity contribution in [3.63, 3.8) is 0 Å². The first-order valence-electron chi connectivity index (χ1n) is 7.56. The van der Waals surface area contributed by atoms with Gasteiger partial charge in [-0.2, -0.15) is 0 Å². The maximum Gasteiger partial charge on any atom is 0.251 e. The predicted octanol–water partition coefficient (Wildman–Crippen LogP) is 2.39. The standard InChI is InChI=1S/C16H27N3O/c1-3-13-19(4-2)15-9-7-14(8-10-15)16(20)18-12-6-5-11-17/h7-10H,3-6,11-13,17H2,1-2H3,(H,18,20). The molecule has 0 aliphatic rings. The van der Waals surface area contributed by atoms with E-state index in [1.54, 1.807) is 0 Å². The first kappa shape index (κ1) is 16.5. The summed E-state index contributed by atoms with van der Waals surface area (Å²) < 4.78 is 0. The molecule has 1 aromatic rings. The summed E-state index contributed by atoms with van der Waals surface area (Å²) >= 11 is 0. The Kier molecular flexibility index (Phi) is 7.73. The SMILES string of the molecule is CCCN(CC)c1ccc(C(=O)NCCCCN)cc1. The monoisotopic (exact) mass is 277 g/mol. The summed E-state index contributed by atoms with van der Waals surface area (Å²) in [5, 5.41) is 2.91. The molecule has 3 N–H and O–H groups in total. The molecule has 0 spiro atoms. The third-order valence-electron chi connectivity index (χ3n) is 3.29. The summed E-state index contributed by atoms with van der Waals surface area (Å²) in [6.45, 7) is 7.71. The zero-order valence-corrected chi connectivity index (χ0v) is 12.7. The van der Waals surface area contributed by atoms with Crippen LogP contribution in [0.3, 0.4) is 0 Å². The number of benzene rings is 1. The van der Waals surface area contributed by atoms with Gasteiger partial charge in [0, 0.05) is 30.9 Å². The third kappa shape index (κ3) is 5.21. The fourth-order valence-electron chi connectivity index (χ4n) is 2.14. The molecule has 20 heavy (non-hydrogen) atoms. The zero-order chi connectivity index (χ0) is 14.8. The van der Waals surface area contributed by atoms with Crippen molar-refractivity contribution in [2.45, 2.75) is 33.1 Å². The molecular formula is C16H27N3O. The van der Waals surface area contributed by atoms with E-state index in [2.05, 4.69) is 24.1 Å². The Morgan fingerprint density at radius 1 is 1.20 bits per heavy atom. The maximum absolute atomic E-state index is 11.9. The Labute approximate surface area is 122 Å². The first-order chi connectivity index (χ1) is 9.72. The summed E-state index contributed by atoms with van der Waals surface area (Å²) in [5.41, 5.74) is 7.31. The molecule has 4 nitrogen and oxygen atoms in total. The lowest BCUT2D eigenvalue weighted by Crippen LogP contribution is -2.25. The van der Waals surface area contributed by atoms with Crippen LogP contribution in [0.4, 0.5) is 5.69 Å². The average Bonchev–Trinajstić information content (AvgIpc) is 2.49. The highest BCUT2D eigenvalue weighted by Gasteiger charge is 2.07. The fraction of sp³-hybridized carbons (Fsp3) is 0.562. The molecule has 0 atom stereocenters. The van der Waals surface area contributed by atoms with Gasteiger partial charge in [0.25, 0.3) is 5.91 Å². The van der Waals surface area contributed by atoms with Crippen LogP contribution >= 0.6 is 0 Å². The van der Waals surface area contributed by atoms with Crippen molar-refractivity contribution in [2.24, 2.45) is 5.73 Å². The van der Waals surface area contributed by atoms with Gasteiger partial charge < -0.3 is 16.0 Å².